The molecule has 0 saturated heterocycles. The van der Waals surface area contributed by atoms with Crippen LogP contribution in [0.25, 0.3) is 10.4 Å². The van der Waals surface area contributed by atoms with Crippen molar-refractivity contribution in [3.8, 4) is 16.2 Å². The van der Waals surface area contributed by atoms with Gasteiger partial charge in [-0.1, -0.05) is 6.07 Å². The lowest BCUT2D eigenvalue weighted by molar-refractivity contribution is -0.0118. The maximum absolute atomic E-state index is 13.8. The summed E-state index contributed by atoms with van der Waals surface area (Å²) in [5, 5.41) is 22.7. The molecule has 1 aromatic carbocycles. The van der Waals surface area contributed by atoms with Gasteiger partial charge in [0.25, 0.3) is 5.92 Å². The SMILES string of the molecule is CNc1sc(-c2ccc(C(=O)O)c(O)c2)c2c1CCC(F)(F)C2. The fraction of sp³-hybridized carbons (Fsp3) is 0.312. The number of phenols is 1. The second-order valence-corrected chi connectivity index (χ2v) is 6.56. The van der Waals surface area contributed by atoms with Gasteiger partial charge in [-0.05, 0) is 35.2 Å². The largest absolute Gasteiger partial charge is 0.507 e. The van der Waals surface area contributed by atoms with Crippen LogP contribution in [0.3, 0.4) is 0 Å². The van der Waals surface area contributed by atoms with Crippen molar-refractivity contribution >= 4 is 22.3 Å². The molecule has 0 fully saturated rings. The monoisotopic (exact) mass is 339 g/mol. The first kappa shape index (κ1) is 15.7. The molecular formula is C16H15F2NO3S. The van der Waals surface area contributed by atoms with Crippen LogP contribution in [0.4, 0.5) is 13.8 Å². The number of alkyl halides is 2. The third-order valence-corrected chi connectivity index (χ3v) is 5.35. The second kappa shape index (κ2) is 5.49. The molecule has 0 aliphatic heterocycles. The van der Waals surface area contributed by atoms with Crippen LogP contribution in [0.1, 0.15) is 27.9 Å². The third kappa shape index (κ3) is 2.76. The number of halogens is 2. The number of anilines is 1. The van der Waals surface area contributed by atoms with E-state index in [1.807, 2.05) is 0 Å². The lowest BCUT2D eigenvalue weighted by Crippen LogP contribution is -2.25. The number of carbonyl (C=O) groups is 1. The Morgan fingerprint density at radius 3 is 2.70 bits per heavy atom. The van der Waals surface area contributed by atoms with E-state index in [9.17, 15) is 18.7 Å². The number of hydrogen-bond donors (Lipinski definition) is 3. The van der Waals surface area contributed by atoms with Gasteiger partial charge in [0, 0.05) is 24.8 Å². The first-order valence-corrected chi connectivity index (χ1v) is 7.91. The van der Waals surface area contributed by atoms with Crippen LogP contribution in [0.5, 0.6) is 5.75 Å². The molecular weight excluding hydrogens is 324 g/mol. The molecule has 0 atom stereocenters. The fourth-order valence-corrected chi connectivity index (χ4v) is 4.11. The molecule has 3 N–H and O–H groups in total. The molecule has 3 rings (SSSR count). The highest BCUT2D eigenvalue weighted by atomic mass is 32.1. The Morgan fingerprint density at radius 2 is 2.09 bits per heavy atom. The summed E-state index contributed by atoms with van der Waals surface area (Å²) in [7, 11) is 1.74. The van der Waals surface area contributed by atoms with Gasteiger partial charge in [-0.3, -0.25) is 0 Å². The lowest BCUT2D eigenvalue weighted by atomic mass is 9.89. The highest BCUT2D eigenvalue weighted by Gasteiger charge is 2.37. The number of rotatable bonds is 3. The van der Waals surface area contributed by atoms with Gasteiger partial charge in [0.2, 0.25) is 0 Å². The smallest absolute Gasteiger partial charge is 0.339 e. The summed E-state index contributed by atoms with van der Waals surface area (Å²) in [6.45, 7) is 0. The first-order valence-electron chi connectivity index (χ1n) is 7.09. The zero-order valence-corrected chi connectivity index (χ0v) is 13.1. The maximum Gasteiger partial charge on any atom is 0.339 e. The van der Waals surface area contributed by atoms with Crippen LogP contribution in [-0.2, 0) is 12.8 Å². The average molecular weight is 339 g/mol. The molecule has 7 heteroatoms. The molecule has 2 aromatic rings. The Hall–Kier alpha value is -2.15. The molecule has 122 valence electrons. The summed E-state index contributed by atoms with van der Waals surface area (Å²) in [4.78, 5) is 11.6. The van der Waals surface area contributed by atoms with Gasteiger partial charge in [0.1, 0.15) is 11.3 Å². The number of benzene rings is 1. The Morgan fingerprint density at radius 1 is 1.35 bits per heavy atom. The van der Waals surface area contributed by atoms with Gasteiger partial charge >= 0.3 is 5.97 Å². The zero-order chi connectivity index (χ0) is 16.8. The van der Waals surface area contributed by atoms with Crippen LogP contribution in [-0.4, -0.2) is 29.2 Å². The van der Waals surface area contributed by atoms with Gasteiger partial charge < -0.3 is 15.5 Å². The van der Waals surface area contributed by atoms with E-state index in [-0.39, 0.29) is 24.2 Å². The molecule has 4 nitrogen and oxygen atoms in total. The van der Waals surface area contributed by atoms with Crippen LogP contribution in [0, 0.1) is 0 Å². The van der Waals surface area contributed by atoms with Crippen molar-refractivity contribution < 1.29 is 23.8 Å². The van der Waals surface area contributed by atoms with Crippen molar-refractivity contribution in [3.63, 3.8) is 0 Å². The van der Waals surface area contributed by atoms with Crippen LogP contribution in [0.15, 0.2) is 18.2 Å². The van der Waals surface area contributed by atoms with Crippen molar-refractivity contribution in [2.45, 2.75) is 25.2 Å². The van der Waals surface area contributed by atoms with E-state index >= 15 is 0 Å². The second-order valence-electron chi connectivity index (χ2n) is 5.54. The highest BCUT2D eigenvalue weighted by Crippen LogP contribution is 2.47. The standard InChI is InChI=1S/C16H15F2NO3S/c1-19-14-9-4-5-16(17,18)7-11(9)13(23-14)8-2-3-10(15(21)22)12(20)6-8/h2-3,6,19-20H,4-5,7H2,1H3,(H,21,22). The van der Waals surface area contributed by atoms with Crippen LogP contribution < -0.4 is 5.32 Å². The lowest BCUT2D eigenvalue weighted by Gasteiger charge is -2.23. The van der Waals surface area contributed by atoms with Crippen molar-refractivity contribution in [2.24, 2.45) is 0 Å². The van der Waals surface area contributed by atoms with Crippen LogP contribution >= 0.6 is 11.3 Å². The van der Waals surface area contributed by atoms with E-state index in [4.69, 9.17) is 5.11 Å². The minimum absolute atomic E-state index is 0.173. The van der Waals surface area contributed by atoms with E-state index in [0.717, 1.165) is 10.6 Å². The number of carboxylic acid groups (broad SMARTS) is 1. The molecule has 0 spiro atoms. The van der Waals surface area contributed by atoms with Gasteiger partial charge in [-0.15, -0.1) is 11.3 Å². The molecule has 0 amide bonds. The van der Waals surface area contributed by atoms with Crippen LogP contribution in [0.2, 0.25) is 0 Å². The fourth-order valence-electron chi connectivity index (χ4n) is 2.89. The molecule has 0 radical (unpaired) electrons. The van der Waals surface area contributed by atoms with E-state index in [1.165, 1.54) is 23.5 Å². The Bertz CT molecular complexity index is 786. The Labute approximate surface area is 135 Å². The van der Waals surface area contributed by atoms with Crippen molar-refractivity contribution in [1.82, 2.24) is 0 Å². The van der Waals surface area contributed by atoms with Crippen molar-refractivity contribution in [1.29, 1.82) is 0 Å². The molecule has 23 heavy (non-hydrogen) atoms. The number of hydrogen-bond acceptors (Lipinski definition) is 4. The molecule has 0 bridgehead atoms. The summed E-state index contributed by atoms with van der Waals surface area (Å²) in [6, 6.07) is 4.16. The summed E-state index contributed by atoms with van der Waals surface area (Å²) in [5.74, 6) is -4.34. The molecule has 1 aliphatic rings. The maximum atomic E-state index is 13.8. The molecule has 0 saturated carbocycles. The highest BCUT2D eigenvalue weighted by molar-refractivity contribution is 7.19. The number of thiophene rings is 1. The topological polar surface area (TPSA) is 69.6 Å². The van der Waals surface area contributed by atoms with E-state index in [0.29, 0.717) is 22.4 Å². The van der Waals surface area contributed by atoms with Gasteiger partial charge in [0.15, 0.2) is 0 Å². The van der Waals surface area contributed by atoms with E-state index in [2.05, 4.69) is 5.32 Å². The first-order chi connectivity index (χ1) is 10.8. The molecule has 0 unspecified atom stereocenters. The summed E-state index contributed by atoms with van der Waals surface area (Å²) >= 11 is 1.35. The van der Waals surface area contributed by atoms with Crippen molar-refractivity contribution in [3.05, 3.63) is 34.9 Å². The number of aromatic hydroxyl groups is 1. The number of fused-ring (bicyclic) bond motifs is 1. The quantitative estimate of drug-likeness (QED) is 0.791. The number of carboxylic acids is 1. The summed E-state index contributed by atoms with van der Waals surface area (Å²) < 4.78 is 27.6. The van der Waals surface area contributed by atoms with Crippen molar-refractivity contribution in [2.75, 3.05) is 12.4 Å². The Balaban J connectivity index is 2.12. The predicted molar refractivity (Wildman–Crippen MR) is 84.9 cm³/mol. The predicted octanol–water partition coefficient (Wildman–Crippen LogP) is 3.98. The molecule has 1 heterocycles. The zero-order valence-electron chi connectivity index (χ0n) is 12.3. The average Bonchev–Trinajstić information content (AvgIpc) is 2.83. The normalized spacial score (nSPS) is 16.0. The molecule has 1 aliphatic carbocycles. The van der Waals surface area contributed by atoms with Gasteiger partial charge in [-0.2, -0.15) is 0 Å². The molecule has 1 aromatic heterocycles. The third-order valence-electron chi connectivity index (χ3n) is 4.01. The summed E-state index contributed by atoms with van der Waals surface area (Å²) in [5.41, 5.74) is 1.81. The van der Waals surface area contributed by atoms with E-state index < -0.39 is 11.9 Å². The van der Waals surface area contributed by atoms with E-state index in [1.54, 1.807) is 13.1 Å². The number of nitrogens with one attached hydrogen (secondary N) is 1. The Kier molecular flexibility index (Phi) is 3.75. The van der Waals surface area contributed by atoms with Gasteiger partial charge in [-0.25, -0.2) is 13.6 Å². The summed E-state index contributed by atoms with van der Waals surface area (Å²) in [6.07, 6.45) is -0.209. The van der Waals surface area contributed by atoms with Gasteiger partial charge in [0.05, 0.1) is 5.00 Å². The number of aromatic carboxylic acids is 1. The minimum Gasteiger partial charge on any atom is -0.507 e. The minimum atomic E-state index is -2.74.